The van der Waals surface area contributed by atoms with Crippen LogP contribution >= 0.6 is 11.3 Å². The predicted molar refractivity (Wildman–Crippen MR) is 88.1 cm³/mol. The largest absolute Gasteiger partial charge is 0.329 e. The van der Waals surface area contributed by atoms with Crippen molar-refractivity contribution in [2.24, 2.45) is 5.73 Å². The fraction of sp³-hybridized carbons (Fsp3) is 0.412. The van der Waals surface area contributed by atoms with Crippen LogP contribution in [-0.4, -0.2) is 18.5 Å². The minimum atomic E-state index is 0.306. The highest BCUT2D eigenvalue weighted by molar-refractivity contribution is 7.10. The average Bonchev–Trinajstić information content (AvgIpc) is 2.87. The lowest BCUT2D eigenvalue weighted by Crippen LogP contribution is -2.30. The quantitative estimate of drug-likeness (QED) is 0.877. The molecule has 0 spiro atoms. The van der Waals surface area contributed by atoms with Gasteiger partial charge in [0.05, 0.1) is 6.04 Å². The van der Waals surface area contributed by atoms with Gasteiger partial charge in [-0.1, -0.05) is 31.2 Å². The molecule has 2 nitrogen and oxygen atoms in total. The van der Waals surface area contributed by atoms with Crippen LogP contribution in [0.3, 0.4) is 0 Å². The number of nitrogens with two attached hydrogens (primary N) is 1. The maximum Gasteiger partial charge on any atom is 0.0567 e. The van der Waals surface area contributed by atoms with E-state index in [-0.39, 0.29) is 0 Å². The van der Waals surface area contributed by atoms with Crippen LogP contribution in [0.1, 0.15) is 34.5 Å². The molecule has 0 bridgehead atoms. The predicted octanol–water partition coefficient (Wildman–Crippen LogP) is 3.75. The van der Waals surface area contributed by atoms with Gasteiger partial charge in [0.25, 0.3) is 0 Å². The fourth-order valence-corrected chi connectivity index (χ4v) is 3.60. The molecule has 0 radical (unpaired) electrons. The van der Waals surface area contributed by atoms with Crippen LogP contribution in [0.15, 0.2) is 35.7 Å². The van der Waals surface area contributed by atoms with E-state index in [2.05, 4.69) is 61.5 Å². The molecule has 2 N–H and O–H groups in total. The molecule has 0 aliphatic carbocycles. The Morgan fingerprint density at radius 2 is 1.80 bits per heavy atom. The monoisotopic (exact) mass is 288 g/mol. The van der Waals surface area contributed by atoms with Crippen molar-refractivity contribution in [3.8, 4) is 0 Å². The Morgan fingerprint density at radius 3 is 2.30 bits per heavy atom. The fourth-order valence-electron chi connectivity index (χ4n) is 2.49. The normalized spacial score (nSPS) is 12.8. The average molecular weight is 288 g/mol. The Bertz CT molecular complexity index is 530. The molecule has 2 rings (SSSR count). The van der Waals surface area contributed by atoms with E-state index in [4.69, 9.17) is 5.73 Å². The number of aryl methyl sites for hydroxylation is 2. The molecule has 108 valence electrons. The van der Waals surface area contributed by atoms with E-state index >= 15 is 0 Å². The summed E-state index contributed by atoms with van der Waals surface area (Å²) in [5, 5.41) is 2.15. The van der Waals surface area contributed by atoms with Crippen molar-refractivity contribution in [3.05, 3.63) is 57.3 Å². The number of hydrogen-bond donors (Lipinski definition) is 1. The first kappa shape index (κ1) is 15.2. The first-order chi connectivity index (χ1) is 9.65. The minimum Gasteiger partial charge on any atom is -0.329 e. The van der Waals surface area contributed by atoms with Gasteiger partial charge in [-0.15, -0.1) is 11.3 Å². The smallest absolute Gasteiger partial charge is 0.0567 e. The zero-order valence-electron chi connectivity index (χ0n) is 12.6. The summed E-state index contributed by atoms with van der Waals surface area (Å²) in [6.45, 7) is 5.94. The SMILES string of the molecule is CCc1ccc(CN(C)C(CN)c2sccc2C)cc1. The number of benzene rings is 1. The van der Waals surface area contributed by atoms with Gasteiger partial charge in [0, 0.05) is 18.0 Å². The molecule has 0 saturated heterocycles. The summed E-state index contributed by atoms with van der Waals surface area (Å²) in [7, 11) is 2.16. The van der Waals surface area contributed by atoms with E-state index in [0.717, 1.165) is 13.0 Å². The van der Waals surface area contributed by atoms with Crippen molar-refractivity contribution in [1.29, 1.82) is 0 Å². The standard InChI is InChI=1S/C17H24N2S/c1-4-14-5-7-15(8-6-14)12-19(3)16(11-18)17-13(2)9-10-20-17/h5-10,16H,4,11-12,18H2,1-3H3. The van der Waals surface area contributed by atoms with Crippen LogP contribution in [0.25, 0.3) is 0 Å². The second kappa shape index (κ2) is 7.02. The Hall–Kier alpha value is -1.16. The van der Waals surface area contributed by atoms with E-state index < -0.39 is 0 Å². The second-order valence-electron chi connectivity index (χ2n) is 5.30. The molecule has 1 aromatic heterocycles. The molecule has 0 aliphatic heterocycles. The lowest BCUT2D eigenvalue weighted by Gasteiger charge is -2.27. The highest BCUT2D eigenvalue weighted by Gasteiger charge is 2.18. The molecule has 1 unspecified atom stereocenters. The third-order valence-corrected chi connectivity index (χ3v) is 4.94. The zero-order chi connectivity index (χ0) is 14.5. The highest BCUT2D eigenvalue weighted by atomic mass is 32.1. The zero-order valence-corrected chi connectivity index (χ0v) is 13.4. The first-order valence-electron chi connectivity index (χ1n) is 7.17. The summed E-state index contributed by atoms with van der Waals surface area (Å²) < 4.78 is 0. The number of hydrogen-bond acceptors (Lipinski definition) is 3. The van der Waals surface area contributed by atoms with Gasteiger partial charge in [-0.25, -0.2) is 0 Å². The summed E-state index contributed by atoms with van der Waals surface area (Å²) in [6.07, 6.45) is 1.09. The molecule has 1 atom stereocenters. The Kier molecular flexibility index (Phi) is 5.35. The van der Waals surface area contributed by atoms with Gasteiger partial charge in [-0.05, 0) is 48.5 Å². The molecule has 1 aromatic carbocycles. The molecular formula is C17H24N2S. The maximum absolute atomic E-state index is 6.00. The van der Waals surface area contributed by atoms with E-state index in [1.807, 2.05) is 0 Å². The van der Waals surface area contributed by atoms with Gasteiger partial charge >= 0.3 is 0 Å². The summed E-state index contributed by atoms with van der Waals surface area (Å²) in [4.78, 5) is 3.74. The van der Waals surface area contributed by atoms with Gasteiger partial charge in [0.1, 0.15) is 0 Å². The van der Waals surface area contributed by atoms with E-state index in [1.54, 1.807) is 11.3 Å². The van der Waals surface area contributed by atoms with Crippen molar-refractivity contribution in [2.45, 2.75) is 32.9 Å². The highest BCUT2D eigenvalue weighted by Crippen LogP contribution is 2.28. The molecule has 0 aliphatic rings. The Morgan fingerprint density at radius 1 is 1.15 bits per heavy atom. The molecule has 0 fully saturated rings. The third-order valence-electron chi connectivity index (χ3n) is 3.82. The molecule has 0 saturated carbocycles. The summed E-state index contributed by atoms with van der Waals surface area (Å²) in [5.41, 5.74) is 10.1. The van der Waals surface area contributed by atoms with Gasteiger partial charge < -0.3 is 5.73 Å². The van der Waals surface area contributed by atoms with Crippen molar-refractivity contribution < 1.29 is 0 Å². The summed E-state index contributed by atoms with van der Waals surface area (Å²) >= 11 is 1.81. The van der Waals surface area contributed by atoms with Crippen LogP contribution in [0.5, 0.6) is 0 Å². The van der Waals surface area contributed by atoms with E-state index in [9.17, 15) is 0 Å². The molecule has 20 heavy (non-hydrogen) atoms. The van der Waals surface area contributed by atoms with Gasteiger partial charge in [-0.2, -0.15) is 0 Å². The Balaban J connectivity index is 2.09. The van der Waals surface area contributed by atoms with Crippen LogP contribution in [-0.2, 0) is 13.0 Å². The molecule has 1 heterocycles. The topological polar surface area (TPSA) is 29.3 Å². The minimum absolute atomic E-state index is 0.306. The summed E-state index contributed by atoms with van der Waals surface area (Å²) in [6, 6.07) is 11.4. The van der Waals surface area contributed by atoms with Crippen molar-refractivity contribution in [3.63, 3.8) is 0 Å². The van der Waals surface area contributed by atoms with Gasteiger partial charge in [-0.3, -0.25) is 4.90 Å². The second-order valence-corrected chi connectivity index (χ2v) is 6.25. The third kappa shape index (κ3) is 3.48. The van der Waals surface area contributed by atoms with Crippen molar-refractivity contribution in [2.75, 3.05) is 13.6 Å². The van der Waals surface area contributed by atoms with Gasteiger partial charge in [0.2, 0.25) is 0 Å². The van der Waals surface area contributed by atoms with Crippen molar-refractivity contribution >= 4 is 11.3 Å². The molecular weight excluding hydrogens is 264 g/mol. The first-order valence-corrected chi connectivity index (χ1v) is 8.05. The lowest BCUT2D eigenvalue weighted by atomic mass is 10.1. The van der Waals surface area contributed by atoms with Crippen LogP contribution < -0.4 is 5.73 Å². The summed E-state index contributed by atoms with van der Waals surface area (Å²) in [5.74, 6) is 0. The van der Waals surface area contributed by atoms with E-state index in [1.165, 1.54) is 21.6 Å². The van der Waals surface area contributed by atoms with Crippen molar-refractivity contribution in [1.82, 2.24) is 4.90 Å². The lowest BCUT2D eigenvalue weighted by molar-refractivity contribution is 0.244. The molecule has 2 aromatic rings. The number of rotatable bonds is 6. The van der Waals surface area contributed by atoms with Crippen LogP contribution in [0.4, 0.5) is 0 Å². The number of thiophene rings is 1. The van der Waals surface area contributed by atoms with Crippen LogP contribution in [0.2, 0.25) is 0 Å². The maximum atomic E-state index is 6.00. The number of nitrogens with zero attached hydrogens (tertiary/aromatic N) is 1. The Labute approximate surface area is 126 Å². The molecule has 3 heteroatoms. The van der Waals surface area contributed by atoms with E-state index in [0.29, 0.717) is 12.6 Å². The van der Waals surface area contributed by atoms with Gasteiger partial charge in [0.15, 0.2) is 0 Å². The van der Waals surface area contributed by atoms with Crippen LogP contribution in [0, 0.1) is 6.92 Å². The number of likely N-dealkylation sites (N-methyl/N-ethyl adjacent to an activating group) is 1. The molecule has 0 amide bonds.